The van der Waals surface area contributed by atoms with Crippen molar-refractivity contribution in [3.63, 3.8) is 0 Å². The Hall–Kier alpha value is -1.68. The van der Waals surface area contributed by atoms with Crippen LogP contribution in [0.15, 0.2) is 18.2 Å². The van der Waals surface area contributed by atoms with E-state index in [2.05, 4.69) is 16.5 Å². The van der Waals surface area contributed by atoms with E-state index in [0.29, 0.717) is 11.8 Å². The highest BCUT2D eigenvalue weighted by molar-refractivity contribution is 6.30. The molecule has 0 bridgehead atoms. The highest BCUT2D eigenvalue weighted by atomic mass is 35.5. The molecule has 0 fully saturated rings. The molecule has 1 aromatic carbocycles. The van der Waals surface area contributed by atoms with Gasteiger partial charge < -0.3 is 10.1 Å². The number of fused-ring (bicyclic) bond motifs is 1. The minimum absolute atomic E-state index is 0.441. The fourth-order valence-electron chi connectivity index (χ4n) is 2.59. The second-order valence-corrected chi connectivity index (χ2v) is 5.45. The normalized spacial score (nSPS) is 13.8. The van der Waals surface area contributed by atoms with Gasteiger partial charge in [-0.05, 0) is 31.4 Å². The summed E-state index contributed by atoms with van der Waals surface area (Å²) in [6.07, 6.45) is 2.27. The van der Waals surface area contributed by atoms with Crippen LogP contribution in [0.5, 0.6) is 5.75 Å². The molecule has 1 aromatic heterocycles. The van der Waals surface area contributed by atoms with Gasteiger partial charge in [0, 0.05) is 19.2 Å². The van der Waals surface area contributed by atoms with Crippen LogP contribution in [0.4, 0.5) is 5.69 Å². The Balaban J connectivity index is 1.82. The lowest BCUT2D eigenvalue weighted by atomic mass is 10.0. The number of nitrogens with zero attached hydrogens (tertiary/aromatic N) is 2. The molecule has 2 aromatic rings. The molecule has 0 atom stereocenters. The molecule has 5 heteroatoms. The van der Waals surface area contributed by atoms with Crippen molar-refractivity contribution in [1.82, 2.24) is 9.78 Å². The third kappa shape index (κ3) is 2.36. The molecule has 0 radical (unpaired) electrons. The zero-order chi connectivity index (χ0) is 14.1. The summed E-state index contributed by atoms with van der Waals surface area (Å²) in [6, 6.07) is 6.19. The first-order chi connectivity index (χ1) is 9.66. The summed E-state index contributed by atoms with van der Waals surface area (Å²) in [7, 11) is 1.84. The van der Waals surface area contributed by atoms with E-state index in [4.69, 9.17) is 16.3 Å². The summed E-state index contributed by atoms with van der Waals surface area (Å²) in [4.78, 5) is 0. The highest BCUT2D eigenvalue weighted by Gasteiger charge is 2.16. The number of aryl methyl sites for hydroxylation is 3. The summed E-state index contributed by atoms with van der Waals surface area (Å²) < 4.78 is 7.64. The Bertz CT molecular complexity index is 636. The number of rotatable bonds is 3. The fraction of sp³-hybridized carbons (Fsp3) is 0.400. The van der Waals surface area contributed by atoms with E-state index in [0.717, 1.165) is 35.7 Å². The smallest absolute Gasteiger partial charge is 0.143 e. The molecule has 106 valence electrons. The van der Waals surface area contributed by atoms with Crippen LogP contribution in [0.3, 0.4) is 0 Å². The lowest BCUT2D eigenvalue weighted by molar-refractivity contribution is 0.306. The van der Waals surface area contributed by atoms with Gasteiger partial charge in [0.05, 0.1) is 11.4 Å². The number of benzene rings is 1. The van der Waals surface area contributed by atoms with Crippen LogP contribution in [-0.2, 0) is 20.1 Å². The average molecular weight is 292 g/mol. The predicted molar refractivity (Wildman–Crippen MR) is 80.5 cm³/mol. The van der Waals surface area contributed by atoms with Crippen molar-refractivity contribution in [2.75, 3.05) is 11.9 Å². The van der Waals surface area contributed by atoms with E-state index >= 15 is 0 Å². The van der Waals surface area contributed by atoms with Gasteiger partial charge in [0.1, 0.15) is 17.5 Å². The summed E-state index contributed by atoms with van der Waals surface area (Å²) in [5, 5.41) is 8.36. The molecule has 0 aliphatic carbocycles. The number of hydrogen-bond donors (Lipinski definition) is 1. The Kier molecular flexibility index (Phi) is 3.57. The van der Waals surface area contributed by atoms with E-state index in [1.165, 1.54) is 12.0 Å². The van der Waals surface area contributed by atoms with Crippen LogP contribution in [0, 0.1) is 6.92 Å². The standard InChI is InChI=1S/C15H18ClN3O/c1-10-12(15(16)19(2)18-10)9-20-13-7-3-5-11-6-4-8-17-14(11)13/h3,5,7,17H,4,6,8-9H2,1-2H3. The van der Waals surface area contributed by atoms with Crippen LogP contribution in [0.25, 0.3) is 0 Å². The summed E-state index contributed by atoms with van der Waals surface area (Å²) in [5.41, 5.74) is 4.30. The molecule has 1 aliphatic rings. The molecule has 0 unspecified atom stereocenters. The number of nitrogens with one attached hydrogen (secondary N) is 1. The van der Waals surface area contributed by atoms with Gasteiger partial charge in [-0.2, -0.15) is 5.10 Å². The van der Waals surface area contributed by atoms with Gasteiger partial charge in [0.2, 0.25) is 0 Å². The molecule has 2 heterocycles. The molecule has 0 saturated carbocycles. The zero-order valence-corrected chi connectivity index (χ0v) is 12.5. The van der Waals surface area contributed by atoms with Crippen molar-refractivity contribution in [2.24, 2.45) is 7.05 Å². The maximum Gasteiger partial charge on any atom is 0.143 e. The molecule has 1 aliphatic heterocycles. The van der Waals surface area contributed by atoms with Crippen LogP contribution in [0.1, 0.15) is 23.2 Å². The Morgan fingerprint density at radius 1 is 1.45 bits per heavy atom. The van der Waals surface area contributed by atoms with Crippen molar-refractivity contribution in [2.45, 2.75) is 26.4 Å². The molecule has 0 spiro atoms. The second kappa shape index (κ2) is 5.37. The van der Waals surface area contributed by atoms with E-state index in [1.807, 2.05) is 26.1 Å². The molecule has 1 N–H and O–H groups in total. The minimum Gasteiger partial charge on any atom is -0.487 e. The topological polar surface area (TPSA) is 39.1 Å². The monoisotopic (exact) mass is 291 g/mol. The maximum absolute atomic E-state index is 6.23. The number of hydrogen-bond acceptors (Lipinski definition) is 3. The SMILES string of the molecule is Cc1nn(C)c(Cl)c1COc1cccc2c1NCCC2. The summed E-state index contributed by atoms with van der Waals surface area (Å²) in [5.74, 6) is 0.890. The first-order valence-corrected chi connectivity index (χ1v) is 7.21. The largest absolute Gasteiger partial charge is 0.487 e. The molecule has 0 amide bonds. The number of ether oxygens (including phenoxy) is 1. The first kappa shape index (κ1) is 13.3. The average Bonchev–Trinajstić information content (AvgIpc) is 2.70. The second-order valence-electron chi connectivity index (χ2n) is 5.09. The minimum atomic E-state index is 0.441. The van der Waals surface area contributed by atoms with Gasteiger partial charge in [-0.3, -0.25) is 4.68 Å². The van der Waals surface area contributed by atoms with Gasteiger partial charge in [0.15, 0.2) is 0 Å². The molecular formula is C15H18ClN3O. The molecule has 4 nitrogen and oxygen atoms in total. The van der Waals surface area contributed by atoms with Gasteiger partial charge in [-0.15, -0.1) is 0 Å². The van der Waals surface area contributed by atoms with Crippen molar-refractivity contribution in [3.8, 4) is 5.75 Å². The molecule has 0 saturated heterocycles. The van der Waals surface area contributed by atoms with Crippen molar-refractivity contribution in [3.05, 3.63) is 40.2 Å². The van der Waals surface area contributed by atoms with E-state index in [-0.39, 0.29) is 0 Å². The third-order valence-electron chi connectivity index (χ3n) is 3.68. The first-order valence-electron chi connectivity index (χ1n) is 6.83. The summed E-state index contributed by atoms with van der Waals surface area (Å²) >= 11 is 6.23. The lowest BCUT2D eigenvalue weighted by Gasteiger charge is -2.21. The van der Waals surface area contributed by atoms with E-state index in [9.17, 15) is 0 Å². The van der Waals surface area contributed by atoms with E-state index in [1.54, 1.807) is 4.68 Å². The number of para-hydroxylation sites is 1. The van der Waals surface area contributed by atoms with E-state index < -0.39 is 0 Å². The fourth-order valence-corrected chi connectivity index (χ4v) is 2.81. The van der Waals surface area contributed by atoms with Gasteiger partial charge in [-0.1, -0.05) is 23.7 Å². The number of aromatic nitrogens is 2. The molecule has 20 heavy (non-hydrogen) atoms. The van der Waals surface area contributed by atoms with Gasteiger partial charge in [-0.25, -0.2) is 0 Å². The Labute approximate surface area is 123 Å². The molecule has 3 rings (SSSR count). The Morgan fingerprint density at radius 2 is 2.30 bits per heavy atom. The third-order valence-corrected chi connectivity index (χ3v) is 4.15. The van der Waals surface area contributed by atoms with Crippen LogP contribution in [0.2, 0.25) is 5.15 Å². The lowest BCUT2D eigenvalue weighted by Crippen LogP contribution is -2.13. The van der Waals surface area contributed by atoms with Crippen LogP contribution < -0.4 is 10.1 Å². The number of anilines is 1. The number of halogens is 1. The quantitative estimate of drug-likeness (QED) is 0.943. The predicted octanol–water partition coefficient (Wildman–Crippen LogP) is 3.32. The summed E-state index contributed by atoms with van der Waals surface area (Å²) in [6.45, 7) is 3.39. The van der Waals surface area contributed by atoms with Crippen molar-refractivity contribution >= 4 is 17.3 Å². The van der Waals surface area contributed by atoms with Crippen molar-refractivity contribution < 1.29 is 4.74 Å². The van der Waals surface area contributed by atoms with Crippen LogP contribution >= 0.6 is 11.6 Å². The van der Waals surface area contributed by atoms with Gasteiger partial charge in [0.25, 0.3) is 0 Å². The Morgan fingerprint density at radius 3 is 3.05 bits per heavy atom. The maximum atomic E-state index is 6.23. The highest BCUT2D eigenvalue weighted by Crippen LogP contribution is 2.33. The van der Waals surface area contributed by atoms with Crippen molar-refractivity contribution in [1.29, 1.82) is 0 Å². The molecular weight excluding hydrogens is 274 g/mol. The van der Waals surface area contributed by atoms with Crippen LogP contribution in [-0.4, -0.2) is 16.3 Å². The van der Waals surface area contributed by atoms with Gasteiger partial charge >= 0.3 is 0 Å². The zero-order valence-electron chi connectivity index (χ0n) is 11.7.